The van der Waals surface area contributed by atoms with Crippen LogP contribution in [0.15, 0.2) is 59.1 Å². The molecule has 0 fully saturated rings. The van der Waals surface area contributed by atoms with Crippen LogP contribution in [0, 0.1) is 5.41 Å². The molecule has 0 N–H and O–H groups in total. The minimum absolute atomic E-state index is 0.0381. The zero-order valence-electron chi connectivity index (χ0n) is 15.8. The third-order valence-electron chi connectivity index (χ3n) is 5.16. The molecule has 1 aromatic heterocycles. The molecule has 0 bridgehead atoms. The predicted molar refractivity (Wildman–Crippen MR) is 112 cm³/mol. The van der Waals surface area contributed by atoms with Crippen LogP contribution in [-0.2, 0) is 6.42 Å². The standard InChI is InChI=1S/C23H22BrNO2/c1-23(2)13-21-19(22(26)14-23)12-20(15-4-6-16(24)7-5-15)25(21)17-8-10-18(27-3)11-9-17/h4-12H,13-14H2,1-3H3. The van der Waals surface area contributed by atoms with Crippen LogP contribution in [0.1, 0.15) is 36.3 Å². The topological polar surface area (TPSA) is 31.2 Å². The first-order chi connectivity index (χ1) is 12.9. The Bertz CT molecular complexity index is 998. The van der Waals surface area contributed by atoms with Crippen LogP contribution < -0.4 is 4.74 Å². The van der Waals surface area contributed by atoms with Gasteiger partial charge in [-0.3, -0.25) is 4.79 Å². The van der Waals surface area contributed by atoms with Crippen LogP contribution in [0.5, 0.6) is 5.75 Å². The molecule has 0 spiro atoms. The highest BCUT2D eigenvalue weighted by molar-refractivity contribution is 9.10. The van der Waals surface area contributed by atoms with Crippen LogP contribution in [-0.4, -0.2) is 17.5 Å². The van der Waals surface area contributed by atoms with Crippen molar-refractivity contribution in [2.45, 2.75) is 26.7 Å². The van der Waals surface area contributed by atoms with Crippen molar-refractivity contribution in [3.63, 3.8) is 0 Å². The number of Topliss-reactive ketones (excluding diaryl/α,β-unsaturated/α-hetero) is 1. The molecule has 27 heavy (non-hydrogen) atoms. The Kier molecular flexibility index (Phi) is 4.47. The summed E-state index contributed by atoms with van der Waals surface area (Å²) >= 11 is 3.50. The Morgan fingerprint density at radius 1 is 1.00 bits per heavy atom. The second kappa shape index (κ2) is 6.68. The summed E-state index contributed by atoms with van der Waals surface area (Å²) in [7, 11) is 1.67. The van der Waals surface area contributed by atoms with E-state index in [4.69, 9.17) is 4.74 Å². The molecule has 0 radical (unpaired) electrons. The molecular formula is C23H22BrNO2. The molecule has 2 aromatic carbocycles. The molecule has 3 nitrogen and oxygen atoms in total. The smallest absolute Gasteiger partial charge is 0.165 e. The lowest BCUT2D eigenvalue weighted by molar-refractivity contribution is 0.0911. The molecule has 3 aromatic rings. The van der Waals surface area contributed by atoms with Gasteiger partial charge in [-0.25, -0.2) is 0 Å². The molecule has 1 heterocycles. The van der Waals surface area contributed by atoms with Gasteiger partial charge >= 0.3 is 0 Å². The van der Waals surface area contributed by atoms with Crippen molar-refractivity contribution >= 4 is 21.7 Å². The van der Waals surface area contributed by atoms with Gasteiger partial charge in [-0.1, -0.05) is 41.9 Å². The number of benzene rings is 2. The number of ether oxygens (including phenoxy) is 1. The summed E-state index contributed by atoms with van der Waals surface area (Å²) in [5.41, 5.74) is 5.09. The molecule has 4 heteroatoms. The van der Waals surface area contributed by atoms with E-state index in [1.807, 2.05) is 36.4 Å². The number of methoxy groups -OCH3 is 1. The first-order valence-corrected chi connectivity index (χ1v) is 9.85. The van der Waals surface area contributed by atoms with Crippen molar-refractivity contribution in [3.8, 4) is 22.7 Å². The number of hydrogen-bond donors (Lipinski definition) is 0. The van der Waals surface area contributed by atoms with Crippen LogP contribution in [0.25, 0.3) is 16.9 Å². The number of halogens is 1. The van der Waals surface area contributed by atoms with Gasteiger partial charge in [-0.15, -0.1) is 0 Å². The summed E-state index contributed by atoms with van der Waals surface area (Å²) in [6, 6.07) is 18.3. The fourth-order valence-electron chi connectivity index (χ4n) is 3.87. The van der Waals surface area contributed by atoms with Crippen LogP contribution in [0.2, 0.25) is 0 Å². The number of carbonyl (C=O) groups excluding carboxylic acids is 1. The second-order valence-corrected chi connectivity index (χ2v) is 8.79. The molecular weight excluding hydrogens is 402 g/mol. The molecule has 1 aliphatic carbocycles. The Balaban J connectivity index is 1.95. The van der Waals surface area contributed by atoms with E-state index >= 15 is 0 Å². The molecule has 0 amide bonds. The largest absolute Gasteiger partial charge is 0.497 e. The maximum Gasteiger partial charge on any atom is 0.165 e. The van der Waals surface area contributed by atoms with E-state index in [9.17, 15) is 4.79 Å². The van der Waals surface area contributed by atoms with Gasteiger partial charge in [0, 0.05) is 27.8 Å². The van der Waals surface area contributed by atoms with Crippen molar-refractivity contribution in [2.24, 2.45) is 5.41 Å². The van der Waals surface area contributed by atoms with E-state index in [2.05, 4.69) is 52.5 Å². The summed E-state index contributed by atoms with van der Waals surface area (Å²) in [6.45, 7) is 4.33. The number of nitrogens with zero attached hydrogens (tertiary/aromatic N) is 1. The highest BCUT2D eigenvalue weighted by atomic mass is 79.9. The fraction of sp³-hybridized carbons (Fsp3) is 0.261. The van der Waals surface area contributed by atoms with Crippen molar-refractivity contribution in [2.75, 3.05) is 7.11 Å². The van der Waals surface area contributed by atoms with Crippen LogP contribution in [0.3, 0.4) is 0 Å². The summed E-state index contributed by atoms with van der Waals surface area (Å²) in [6.07, 6.45) is 1.46. The fourth-order valence-corrected chi connectivity index (χ4v) is 4.14. The second-order valence-electron chi connectivity index (χ2n) is 7.87. The SMILES string of the molecule is COc1ccc(-n2c(-c3ccc(Br)cc3)cc3c2CC(C)(C)CC3=O)cc1. The maximum atomic E-state index is 12.8. The molecule has 0 saturated heterocycles. The number of fused-ring (bicyclic) bond motifs is 1. The van der Waals surface area contributed by atoms with Crippen LogP contribution >= 0.6 is 15.9 Å². The molecule has 4 rings (SSSR count). The third kappa shape index (κ3) is 3.34. The first-order valence-electron chi connectivity index (χ1n) is 9.06. The van der Waals surface area contributed by atoms with E-state index in [1.165, 1.54) is 0 Å². The molecule has 138 valence electrons. The Hall–Kier alpha value is -2.33. The lowest BCUT2D eigenvalue weighted by Gasteiger charge is -2.30. The number of carbonyl (C=O) groups is 1. The molecule has 0 aliphatic heterocycles. The average molecular weight is 424 g/mol. The monoisotopic (exact) mass is 423 g/mol. The van der Waals surface area contributed by atoms with Gasteiger partial charge in [0.1, 0.15) is 5.75 Å². The average Bonchev–Trinajstić information content (AvgIpc) is 3.01. The van der Waals surface area contributed by atoms with E-state index < -0.39 is 0 Å². The van der Waals surface area contributed by atoms with E-state index in [0.29, 0.717) is 6.42 Å². The lowest BCUT2D eigenvalue weighted by Crippen LogP contribution is -2.27. The zero-order valence-corrected chi connectivity index (χ0v) is 17.3. The van der Waals surface area contributed by atoms with Gasteiger partial charge in [0.2, 0.25) is 0 Å². The molecule has 0 atom stereocenters. The Morgan fingerprint density at radius 2 is 1.67 bits per heavy atom. The maximum absolute atomic E-state index is 12.8. The van der Waals surface area contributed by atoms with Gasteiger partial charge in [-0.05, 0) is 59.9 Å². The quantitative estimate of drug-likeness (QED) is 0.511. The van der Waals surface area contributed by atoms with Crippen molar-refractivity contribution in [1.82, 2.24) is 4.57 Å². The highest BCUT2D eigenvalue weighted by Crippen LogP contribution is 2.40. The van der Waals surface area contributed by atoms with Crippen molar-refractivity contribution in [1.29, 1.82) is 0 Å². The number of aromatic nitrogens is 1. The summed E-state index contributed by atoms with van der Waals surface area (Å²) in [5.74, 6) is 1.05. The zero-order chi connectivity index (χ0) is 19.2. The van der Waals surface area contributed by atoms with E-state index in [-0.39, 0.29) is 11.2 Å². The van der Waals surface area contributed by atoms with E-state index in [1.54, 1.807) is 7.11 Å². The number of ketones is 1. The minimum Gasteiger partial charge on any atom is -0.497 e. The lowest BCUT2D eigenvalue weighted by atomic mass is 9.76. The van der Waals surface area contributed by atoms with Gasteiger partial charge in [0.15, 0.2) is 5.78 Å². The van der Waals surface area contributed by atoms with Gasteiger partial charge in [-0.2, -0.15) is 0 Å². The van der Waals surface area contributed by atoms with Crippen LogP contribution in [0.4, 0.5) is 0 Å². The summed E-state index contributed by atoms with van der Waals surface area (Å²) in [5, 5.41) is 0. The Morgan fingerprint density at radius 3 is 2.30 bits per heavy atom. The number of hydrogen-bond acceptors (Lipinski definition) is 2. The number of rotatable bonds is 3. The van der Waals surface area contributed by atoms with Crippen molar-refractivity contribution in [3.05, 3.63) is 70.3 Å². The van der Waals surface area contributed by atoms with Crippen molar-refractivity contribution < 1.29 is 9.53 Å². The van der Waals surface area contributed by atoms with E-state index in [0.717, 1.165) is 44.8 Å². The third-order valence-corrected chi connectivity index (χ3v) is 5.69. The minimum atomic E-state index is -0.0381. The predicted octanol–water partition coefficient (Wildman–Crippen LogP) is 6.07. The van der Waals surface area contributed by atoms with Gasteiger partial charge in [0.05, 0.1) is 12.8 Å². The van der Waals surface area contributed by atoms with Gasteiger partial charge in [0.25, 0.3) is 0 Å². The van der Waals surface area contributed by atoms with Gasteiger partial charge < -0.3 is 9.30 Å². The molecule has 0 unspecified atom stereocenters. The molecule has 0 saturated carbocycles. The summed E-state index contributed by atoms with van der Waals surface area (Å²) in [4.78, 5) is 12.8. The molecule has 1 aliphatic rings. The highest BCUT2D eigenvalue weighted by Gasteiger charge is 2.34. The Labute approximate surface area is 168 Å². The first kappa shape index (κ1) is 18.1. The summed E-state index contributed by atoms with van der Waals surface area (Å²) < 4.78 is 8.58. The normalized spacial score (nSPS) is 15.5.